The van der Waals surface area contributed by atoms with E-state index in [2.05, 4.69) is 0 Å². The van der Waals surface area contributed by atoms with E-state index in [-0.39, 0.29) is 11.6 Å². The van der Waals surface area contributed by atoms with E-state index in [4.69, 9.17) is 9.15 Å². The van der Waals surface area contributed by atoms with Crippen LogP contribution in [0.5, 0.6) is 5.75 Å². The summed E-state index contributed by atoms with van der Waals surface area (Å²) in [6.45, 7) is 4.71. The Morgan fingerprint density at radius 2 is 1.77 bits per heavy atom. The second kappa shape index (κ2) is 6.43. The highest BCUT2D eigenvalue weighted by atomic mass is 16.5. The van der Waals surface area contributed by atoms with Crippen molar-refractivity contribution in [3.63, 3.8) is 0 Å². The zero-order valence-corrected chi connectivity index (χ0v) is 13.1. The molecule has 4 heteroatoms. The van der Waals surface area contributed by atoms with E-state index in [0.29, 0.717) is 22.6 Å². The number of ether oxygens (including phenoxy) is 1. The van der Waals surface area contributed by atoms with Crippen molar-refractivity contribution >= 4 is 17.6 Å². The lowest BCUT2D eigenvalue weighted by Gasteiger charge is -2.05. The smallest absolute Gasteiger partial charge is 0.163 e. The van der Waals surface area contributed by atoms with Gasteiger partial charge in [-0.2, -0.15) is 0 Å². The maximum atomic E-state index is 12.0. The summed E-state index contributed by atoms with van der Waals surface area (Å²) in [4.78, 5) is 23.1. The van der Waals surface area contributed by atoms with Crippen LogP contribution < -0.4 is 4.74 Å². The molecule has 0 unspecified atom stereocenters. The Morgan fingerprint density at radius 1 is 1.14 bits per heavy atom. The summed E-state index contributed by atoms with van der Waals surface area (Å²) >= 11 is 0. The Morgan fingerprint density at radius 3 is 2.27 bits per heavy atom. The Labute approximate surface area is 129 Å². The first-order valence-electron chi connectivity index (χ1n) is 6.91. The highest BCUT2D eigenvalue weighted by Gasteiger charge is 2.21. The van der Waals surface area contributed by atoms with Crippen LogP contribution in [-0.4, -0.2) is 18.7 Å². The number of hydrogen-bond donors (Lipinski definition) is 0. The van der Waals surface area contributed by atoms with Crippen molar-refractivity contribution in [1.29, 1.82) is 0 Å². The Bertz CT molecular complexity index is 733. The molecule has 0 radical (unpaired) electrons. The van der Waals surface area contributed by atoms with Gasteiger partial charge in [0.2, 0.25) is 0 Å². The van der Waals surface area contributed by atoms with Gasteiger partial charge in [-0.25, -0.2) is 0 Å². The second-order valence-corrected chi connectivity index (χ2v) is 5.00. The number of furan rings is 1. The monoisotopic (exact) mass is 298 g/mol. The number of rotatable bonds is 5. The van der Waals surface area contributed by atoms with Crippen LogP contribution in [0.3, 0.4) is 0 Å². The van der Waals surface area contributed by atoms with E-state index in [0.717, 1.165) is 11.3 Å². The third-order valence-electron chi connectivity index (χ3n) is 3.31. The van der Waals surface area contributed by atoms with Crippen molar-refractivity contribution in [3.8, 4) is 16.9 Å². The summed E-state index contributed by atoms with van der Waals surface area (Å²) in [5, 5.41) is 0. The average molecular weight is 298 g/mol. The van der Waals surface area contributed by atoms with Gasteiger partial charge in [0, 0.05) is 5.56 Å². The Balaban J connectivity index is 2.63. The summed E-state index contributed by atoms with van der Waals surface area (Å²) in [5.74, 6) is 1.62. The number of carbonyl (C=O) groups is 2. The molecule has 114 valence electrons. The van der Waals surface area contributed by atoms with Gasteiger partial charge in [0.15, 0.2) is 11.6 Å². The van der Waals surface area contributed by atoms with Crippen molar-refractivity contribution in [2.45, 2.75) is 20.8 Å². The van der Waals surface area contributed by atoms with Gasteiger partial charge >= 0.3 is 0 Å². The molecular weight excluding hydrogens is 280 g/mol. The predicted octanol–water partition coefficient (Wildman–Crippen LogP) is 4.07. The van der Waals surface area contributed by atoms with Gasteiger partial charge in [-0.15, -0.1) is 0 Å². The number of carbonyl (C=O) groups excluding carboxylic acids is 2. The first-order valence-corrected chi connectivity index (χ1v) is 6.91. The maximum absolute atomic E-state index is 12.0. The van der Waals surface area contributed by atoms with Gasteiger partial charge in [-0.3, -0.25) is 9.59 Å². The zero-order chi connectivity index (χ0) is 16.3. The summed E-state index contributed by atoms with van der Waals surface area (Å²) in [5.41, 5.74) is 2.07. The Kier molecular flexibility index (Phi) is 4.61. The zero-order valence-electron chi connectivity index (χ0n) is 13.1. The lowest BCUT2D eigenvalue weighted by molar-refractivity contribution is -0.112. The number of methoxy groups -OCH3 is 1. The van der Waals surface area contributed by atoms with E-state index in [9.17, 15) is 9.59 Å². The molecule has 0 aliphatic carbocycles. The van der Waals surface area contributed by atoms with E-state index in [1.807, 2.05) is 24.3 Å². The van der Waals surface area contributed by atoms with Crippen molar-refractivity contribution in [2.75, 3.05) is 7.11 Å². The molecular formula is C18H18O4. The van der Waals surface area contributed by atoms with E-state index in [1.165, 1.54) is 19.9 Å². The number of hydrogen-bond acceptors (Lipinski definition) is 4. The summed E-state index contributed by atoms with van der Waals surface area (Å²) in [6.07, 6.45) is 3.02. The largest absolute Gasteiger partial charge is 0.497 e. The van der Waals surface area contributed by atoms with Crippen LogP contribution in [-0.2, 0) is 4.79 Å². The molecule has 0 aliphatic heterocycles. The SMILES string of the molecule is COc1ccc(-c2c(/C=C/C(C)=O)oc(C)c2C(C)=O)cc1. The number of aryl methyl sites for hydroxylation is 1. The lowest BCUT2D eigenvalue weighted by Crippen LogP contribution is -1.95. The van der Waals surface area contributed by atoms with Crippen LogP contribution >= 0.6 is 0 Å². The molecule has 0 amide bonds. The van der Waals surface area contributed by atoms with Gasteiger partial charge in [0.1, 0.15) is 17.3 Å². The first-order chi connectivity index (χ1) is 10.4. The molecule has 1 aromatic heterocycles. The second-order valence-electron chi connectivity index (χ2n) is 5.00. The number of Topliss-reactive ketones (excluding diaryl/α,β-unsaturated/α-hetero) is 1. The molecule has 1 heterocycles. The van der Waals surface area contributed by atoms with E-state index >= 15 is 0 Å². The minimum atomic E-state index is -0.0842. The number of allylic oxidation sites excluding steroid dienone is 1. The molecule has 1 aromatic carbocycles. The third kappa shape index (κ3) is 3.17. The van der Waals surface area contributed by atoms with Crippen LogP contribution in [0.15, 0.2) is 34.8 Å². The predicted molar refractivity (Wildman–Crippen MR) is 85.2 cm³/mol. The molecule has 2 rings (SSSR count). The fourth-order valence-electron chi connectivity index (χ4n) is 2.34. The fourth-order valence-corrected chi connectivity index (χ4v) is 2.34. The lowest BCUT2D eigenvalue weighted by atomic mass is 9.97. The van der Waals surface area contributed by atoms with Crippen LogP contribution in [0, 0.1) is 6.92 Å². The van der Waals surface area contributed by atoms with Crippen molar-refractivity contribution in [3.05, 3.63) is 47.4 Å². The minimum Gasteiger partial charge on any atom is -0.497 e. The van der Waals surface area contributed by atoms with Crippen LogP contribution in [0.1, 0.15) is 35.7 Å². The summed E-state index contributed by atoms with van der Waals surface area (Å²) < 4.78 is 10.8. The van der Waals surface area contributed by atoms with Gasteiger partial charge < -0.3 is 9.15 Å². The Hall–Kier alpha value is -2.62. The standard InChI is InChI=1S/C18H18O4/c1-11(19)5-10-16-18(17(12(2)20)13(3)22-16)14-6-8-15(21-4)9-7-14/h5-10H,1-4H3/b10-5+. The summed E-state index contributed by atoms with van der Waals surface area (Å²) in [7, 11) is 1.60. The van der Waals surface area contributed by atoms with Crippen molar-refractivity contribution in [1.82, 2.24) is 0 Å². The molecule has 0 saturated carbocycles. The minimum absolute atomic E-state index is 0.0745. The number of benzene rings is 1. The molecule has 0 bridgehead atoms. The van der Waals surface area contributed by atoms with Gasteiger partial charge in [0.05, 0.1) is 12.7 Å². The van der Waals surface area contributed by atoms with Gasteiger partial charge in [-0.1, -0.05) is 12.1 Å². The summed E-state index contributed by atoms with van der Waals surface area (Å²) in [6, 6.07) is 7.36. The van der Waals surface area contributed by atoms with Crippen LogP contribution in [0.4, 0.5) is 0 Å². The van der Waals surface area contributed by atoms with Crippen LogP contribution in [0.2, 0.25) is 0 Å². The molecule has 2 aromatic rings. The molecule has 0 spiro atoms. The first kappa shape index (κ1) is 15.8. The van der Waals surface area contributed by atoms with Crippen molar-refractivity contribution < 1.29 is 18.7 Å². The molecule has 0 aliphatic rings. The quantitative estimate of drug-likeness (QED) is 0.617. The topological polar surface area (TPSA) is 56.5 Å². The molecule has 0 fully saturated rings. The average Bonchev–Trinajstić information content (AvgIpc) is 2.82. The van der Waals surface area contributed by atoms with Gasteiger partial charge in [-0.05, 0) is 50.6 Å². The van der Waals surface area contributed by atoms with Crippen molar-refractivity contribution in [2.24, 2.45) is 0 Å². The maximum Gasteiger partial charge on any atom is 0.163 e. The van der Waals surface area contributed by atoms with Crippen LogP contribution in [0.25, 0.3) is 17.2 Å². The highest BCUT2D eigenvalue weighted by molar-refractivity contribution is 6.04. The highest BCUT2D eigenvalue weighted by Crippen LogP contribution is 2.34. The normalized spacial score (nSPS) is 10.9. The fraction of sp³-hybridized carbons (Fsp3) is 0.222. The number of ketones is 2. The molecule has 22 heavy (non-hydrogen) atoms. The van der Waals surface area contributed by atoms with E-state index < -0.39 is 0 Å². The molecule has 0 N–H and O–H groups in total. The van der Waals surface area contributed by atoms with Gasteiger partial charge in [0.25, 0.3) is 0 Å². The third-order valence-corrected chi connectivity index (χ3v) is 3.31. The molecule has 0 atom stereocenters. The molecule has 0 saturated heterocycles. The molecule has 4 nitrogen and oxygen atoms in total. The van der Waals surface area contributed by atoms with E-state index in [1.54, 1.807) is 20.1 Å².